The van der Waals surface area contributed by atoms with Crippen LogP contribution < -0.4 is 0 Å². The number of hydrogen-bond donors (Lipinski definition) is 1. The van der Waals surface area contributed by atoms with E-state index in [0.717, 1.165) is 12.8 Å². The van der Waals surface area contributed by atoms with Crippen molar-refractivity contribution < 1.29 is 30.3 Å². The first kappa shape index (κ1) is 11.9. The SMILES string of the molecule is CCC(CC)C(=O)O.[Pd]. The van der Waals surface area contributed by atoms with Crippen LogP contribution in [0.15, 0.2) is 0 Å². The van der Waals surface area contributed by atoms with E-state index < -0.39 is 5.97 Å². The van der Waals surface area contributed by atoms with Gasteiger partial charge in [0, 0.05) is 20.4 Å². The molecule has 0 aliphatic rings. The molecule has 3 heteroatoms. The Balaban J connectivity index is 0. The maximum atomic E-state index is 10.2. The van der Waals surface area contributed by atoms with Crippen LogP contribution in [0.3, 0.4) is 0 Å². The molecule has 0 aromatic rings. The van der Waals surface area contributed by atoms with Crippen molar-refractivity contribution in [1.82, 2.24) is 0 Å². The maximum Gasteiger partial charge on any atom is 0.306 e. The fraction of sp³-hybridized carbons (Fsp3) is 0.833. The van der Waals surface area contributed by atoms with Gasteiger partial charge in [0.1, 0.15) is 0 Å². The fourth-order valence-electron chi connectivity index (χ4n) is 0.638. The molecule has 0 radical (unpaired) electrons. The minimum atomic E-state index is -0.671. The number of carboxylic acids is 1. The number of carbonyl (C=O) groups is 1. The zero-order chi connectivity index (χ0) is 6.57. The number of aliphatic carboxylic acids is 1. The minimum Gasteiger partial charge on any atom is -0.481 e. The van der Waals surface area contributed by atoms with E-state index >= 15 is 0 Å². The molecule has 0 amide bonds. The van der Waals surface area contributed by atoms with Gasteiger partial charge in [0.25, 0.3) is 0 Å². The van der Waals surface area contributed by atoms with Gasteiger partial charge in [0.15, 0.2) is 0 Å². The van der Waals surface area contributed by atoms with Crippen LogP contribution in [0.25, 0.3) is 0 Å². The van der Waals surface area contributed by atoms with E-state index in [0.29, 0.717) is 0 Å². The third-order valence-corrected chi connectivity index (χ3v) is 1.33. The van der Waals surface area contributed by atoms with E-state index in [-0.39, 0.29) is 26.3 Å². The van der Waals surface area contributed by atoms with Crippen molar-refractivity contribution in [3.05, 3.63) is 0 Å². The molecule has 0 bridgehead atoms. The van der Waals surface area contributed by atoms with E-state index in [2.05, 4.69) is 0 Å². The first-order valence-corrected chi connectivity index (χ1v) is 2.95. The summed E-state index contributed by atoms with van der Waals surface area (Å²) in [6.45, 7) is 3.78. The molecule has 0 saturated carbocycles. The first-order chi connectivity index (χ1) is 3.72. The number of rotatable bonds is 3. The first-order valence-electron chi connectivity index (χ1n) is 2.95. The van der Waals surface area contributed by atoms with Crippen LogP contribution in [0.5, 0.6) is 0 Å². The van der Waals surface area contributed by atoms with Crippen molar-refractivity contribution >= 4 is 5.97 Å². The zero-order valence-electron chi connectivity index (χ0n) is 5.66. The van der Waals surface area contributed by atoms with Crippen LogP contribution in [0.1, 0.15) is 26.7 Å². The van der Waals surface area contributed by atoms with Gasteiger partial charge in [-0.1, -0.05) is 13.8 Å². The molecule has 0 spiro atoms. The molecule has 0 heterocycles. The Morgan fingerprint density at radius 3 is 1.78 bits per heavy atom. The minimum absolute atomic E-state index is 0. The van der Waals surface area contributed by atoms with Crippen molar-refractivity contribution in [2.45, 2.75) is 26.7 Å². The summed E-state index contributed by atoms with van der Waals surface area (Å²) in [7, 11) is 0. The Kier molecular flexibility index (Phi) is 8.25. The molecule has 0 fully saturated rings. The van der Waals surface area contributed by atoms with Gasteiger partial charge in [-0.25, -0.2) is 0 Å². The maximum absolute atomic E-state index is 10.2. The zero-order valence-corrected chi connectivity index (χ0v) is 7.22. The molecule has 0 aromatic carbocycles. The van der Waals surface area contributed by atoms with E-state index in [9.17, 15) is 4.79 Å². The normalized spacial score (nSPS) is 8.78. The molecule has 2 nitrogen and oxygen atoms in total. The van der Waals surface area contributed by atoms with Crippen LogP contribution in [0, 0.1) is 5.92 Å². The molecule has 0 aliphatic heterocycles. The van der Waals surface area contributed by atoms with E-state index in [1.807, 2.05) is 13.8 Å². The van der Waals surface area contributed by atoms with Crippen LogP contribution in [0.2, 0.25) is 0 Å². The smallest absolute Gasteiger partial charge is 0.306 e. The predicted octanol–water partition coefficient (Wildman–Crippen LogP) is 1.50. The van der Waals surface area contributed by atoms with Crippen LogP contribution >= 0.6 is 0 Å². The molecule has 0 saturated heterocycles. The Hall–Kier alpha value is 0.132. The van der Waals surface area contributed by atoms with Gasteiger partial charge < -0.3 is 5.11 Å². The quantitative estimate of drug-likeness (QED) is 0.735. The standard InChI is InChI=1S/C6H12O2.Pd/c1-3-5(4-2)6(7)8;/h5H,3-4H2,1-2H3,(H,7,8);. The van der Waals surface area contributed by atoms with Gasteiger partial charge in [0.2, 0.25) is 0 Å². The van der Waals surface area contributed by atoms with Crippen molar-refractivity contribution in [1.29, 1.82) is 0 Å². The van der Waals surface area contributed by atoms with Gasteiger partial charge in [-0.3, -0.25) is 4.79 Å². The second kappa shape index (κ2) is 6.26. The van der Waals surface area contributed by atoms with E-state index in [1.54, 1.807) is 0 Å². The molecule has 0 aromatic heterocycles. The van der Waals surface area contributed by atoms with Crippen molar-refractivity contribution in [3.8, 4) is 0 Å². The summed E-state index contributed by atoms with van der Waals surface area (Å²) in [6, 6.07) is 0. The second-order valence-corrected chi connectivity index (χ2v) is 1.85. The third kappa shape index (κ3) is 4.62. The van der Waals surface area contributed by atoms with Gasteiger partial charge >= 0.3 is 5.97 Å². The molecular weight excluding hydrogens is 210 g/mol. The molecule has 1 N–H and O–H groups in total. The average Bonchev–Trinajstić information content (AvgIpc) is 1.69. The monoisotopic (exact) mass is 222 g/mol. The number of hydrogen-bond acceptors (Lipinski definition) is 1. The Morgan fingerprint density at radius 2 is 1.78 bits per heavy atom. The fourth-order valence-corrected chi connectivity index (χ4v) is 0.638. The third-order valence-electron chi connectivity index (χ3n) is 1.33. The summed E-state index contributed by atoms with van der Waals surface area (Å²) in [6.07, 6.45) is 1.48. The van der Waals surface area contributed by atoms with Gasteiger partial charge in [-0.15, -0.1) is 0 Å². The number of carboxylic acid groups (broad SMARTS) is 1. The second-order valence-electron chi connectivity index (χ2n) is 1.85. The van der Waals surface area contributed by atoms with Gasteiger partial charge in [-0.05, 0) is 12.8 Å². The van der Waals surface area contributed by atoms with Crippen LogP contribution in [-0.4, -0.2) is 11.1 Å². The molecular formula is C6H12O2Pd. The summed E-state index contributed by atoms with van der Waals surface area (Å²) in [4.78, 5) is 10.2. The van der Waals surface area contributed by atoms with Crippen molar-refractivity contribution in [2.75, 3.05) is 0 Å². The largest absolute Gasteiger partial charge is 0.481 e. The predicted molar refractivity (Wildman–Crippen MR) is 31.7 cm³/mol. The molecule has 0 atom stereocenters. The van der Waals surface area contributed by atoms with E-state index in [4.69, 9.17) is 5.11 Å². The Labute approximate surface area is 69.3 Å². The topological polar surface area (TPSA) is 37.3 Å². The molecule has 9 heavy (non-hydrogen) atoms. The molecule has 0 unspecified atom stereocenters. The molecule has 0 aliphatic carbocycles. The molecule has 58 valence electrons. The van der Waals surface area contributed by atoms with Gasteiger partial charge in [-0.2, -0.15) is 0 Å². The van der Waals surface area contributed by atoms with Crippen molar-refractivity contribution in [3.63, 3.8) is 0 Å². The van der Waals surface area contributed by atoms with E-state index in [1.165, 1.54) is 0 Å². The summed E-state index contributed by atoms with van der Waals surface area (Å²) in [5, 5.41) is 8.37. The Bertz CT molecular complexity index is 79.1. The summed E-state index contributed by atoms with van der Waals surface area (Å²) in [5.41, 5.74) is 0. The van der Waals surface area contributed by atoms with Gasteiger partial charge in [0.05, 0.1) is 5.92 Å². The average molecular weight is 223 g/mol. The Morgan fingerprint density at radius 1 is 1.44 bits per heavy atom. The summed E-state index contributed by atoms with van der Waals surface area (Å²) >= 11 is 0. The van der Waals surface area contributed by atoms with Crippen LogP contribution in [-0.2, 0) is 25.2 Å². The van der Waals surface area contributed by atoms with Crippen LogP contribution in [0.4, 0.5) is 0 Å². The van der Waals surface area contributed by atoms with Crippen molar-refractivity contribution in [2.24, 2.45) is 5.92 Å². The summed E-state index contributed by atoms with van der Waals surface area (Å²) < 4.78 is 0. The summed E-state index contributed by atoms with van der Waals surface area (Å²) in [5.74, 6) is -0.801. The molecule has 0 rings (SSSR count).